The van der Waals surface area contributed by atoms with E-state index in [1.807, 2.05) is 91.0 Å². The van der Waals surface area contributed by atoms with Crippen LogP contribution in [0.3, 0.4) is 0 Å². The first kappa shape index (κ1) is 18.0. The molecule has 0 N–H and O–H groups in total. The fraction of sp³-hybridized carbons (Fsp3) is 0. The molecule has 0 spiro atoms. The smallest absolute Gasteiger partial charge is 0.232 e. The molecule has 1 nitrogen and oxygen atoms in total. The van der Waals surface area contributed by atoms with Gasteiger partial charge in [-0.1, -0.05) is 54.6 Å². The van der Waals surface area contributed by atoms with Crippen molar-refractivity contribution in [2.24, 2.45) is 0 Å². The number of hydrogen-bond donors (Lipinski definition) is 0. The summed E-state index contributed by atoms with van der Waals surface area (Å²) in [7, 11) is -2.50. The van der Waals surface area contributed by atoms with Crippen molar-refractivity contribution >= 4 is 39.8 Å². The van der Waals surface area contributed by atoms with E-state index < -0.39 is 7.26 Å². The van der Waals surface area contributed by atoms with Crippen LogP contribution in [0.15, 0.2) is 91.0 Å². The minimum Gasteiger partial charge on any atom is -0.232 e. The van der Waals surface area contributed by atoms with Crippen LogP contribution < -0.4 is 15.9 Å². The third-order valence-electron chi connectivity index (χ3n) is 3.69. The van der Waals surface area contributed by atoms with Gasteiger partial charge in [0.2, 0.25) is 0 Å². The molecule has 0 unspecified atom stereocenters. The first-order chi connectivity index (χ1) is 10.8. The Labute approximate surface area is 154 Å². The maximum absolute atomic E-state index is 12.7. The molecule has 0 heterocycles. The number of carbonyl (C=O) groups is 1. The van der Waals surface area contributed by atoms with Crippen LogP contribution >= 0.6 is 18.9 Å². The quantitative estimate of drug-likeness (QED) is 0.343. The molecule has 117 valence electrons. The molecule has 1 radical (unpaired) electrons. The maximum Gasteiger partial charge on any atom is 0.373 e. The maximum atomic E-state index is 12.7. The van der Waals surface area contributed by atoms with Crippen LogP contribution in [0.25, 0.3) is 0 Å². The average molecular weight is 429 g/mol. The fourth-order valence-electron chi connectivity index (χ4n) is 2.71. The molecule has 0 atom stereocenters. The number of hydrogen-bond acceptors (Lipinski definition) is 1. The fourth-order valence-corrected chi connectivity index (χ4v) is 6.95. The second kappa shape index (κ2) is 7.98. The molecule has 0 aliphatic rings. The molecule has 4 heteroatoms. The minimum absolute atomic E-state index is 0. The van der Waals surface area contributed by atoms with E-state index in [0.29, 0.717) is 0 Å². The van der Waals surface area contributed by atoms with Crippen molar-refractivity contribution in [3.8, 4) is 0 Å². The van der Waals surface area contributed by atoms with Crippen LogP contribution in [0, 0.1) is 0 Å². The van der Waals surface area contributed by atoms with Crippen LogP contribution in [-0.2, 0) is 19.5 Å². The monoisotopic (exact) mass is 428 g/mol. The normalized spacial score (nSPS) is 10.7. The Balaban J connectivity index is 0.00000192. The Morgan fingerprint density at radius 2 is 0.870 bits per heavy atom. The van der Waals surface area contributed by atoms with Gasteiger partial charge in [-0.2, -0.15) is 0 Å². The zero-order valence-corrected chi connectivity index (χ0v) is 15.5. The Bertz CT molecular complexity index is 666. The summed E-state index contributed by atoms with van der Waals surface area (Å²) in [5.74, 6) is 0. The summed E-state index contributed by atoms with van der Waals surface area (Å²) in [6.45, 7) is 0. The Hall–Kier alpha value is -1.33. The van der Waals surface area contributed by atoms with Crippen LogP contribution in [-0.4, -0.2) is 4.98 Å². The molecule has 0 amide bonds. The number of benzene rings is 3. The minimum atomic E-state index is -2.50. The van der Waals surface area contributed by atoms with Gasteiger partial charge >= 0.3 is 4.98 Å². The van der Waals surface area contributed by atoms with Crippen LogP contribution in [0.5, 0.6) is 0 Å². The summed E-state index contributed by atoms with van der Waals surface area (Å²) in [6, 6.07) is 29.5. The molecular weight excluding hydrogens is 414 g/mol. The molecule has 3 rings (SSSR count). The molecule has 0 fully saturated rings. The van der Waals surface area contributed by atoms with Gasteiger partial charge in [0.05, 0.1) is 0 Å². The van der Waals surface area contributed by atoms with E-state index in [-0.39, 0.29) is 24.5 Å². The molecule has 0 saturated carbocycles. The standard InChI is InChI=1S/C19H15ClOP.Rh/c20-19(21)22(16-10-4-1-5-11-16,17-12-6-2-7-13-17)18-14-8-3-9-15-18;/h1-15H;/q+1;. The van der Waals surface area contributed by atoms with E-state index in [9.17, 15) is 4.79 Å². The predicted molar refractivity (Wildman–Crippen MR) is 96.4 cm³/mol. The number of halogens is 1. The molecule has 3 aromatic carbocycles. The molecule has 0 aromatic heterocycles. The third kappa shape index (κ3) is 3.31. The summed E-state index contributed by atoms with van der Waals surface area (Å²) in [6.07, 6.45) is 0. The molecule has 0 aliphatic heterocycles. The second-order valence-corrected chi connectivity index (χ2v) is 8.83. The van der Waals surface area contributed by atoms with E-state index in [4.69, 9.17) is 11.6 Å². The van der Waals surface area contributed by atoms with Gasteiger partial charge in [0, 0.05) is 31.1 Å². The molecule has 0 aliphatic carbocycles. The zero-order valence-electron chi connectivity index (χ0n) is 12.2. The number of carbonyl (C=O) groups excluding carboxylic acids is 1. The summed E-state index contributed by atoms with van der Waals surface area (Å²) < 4.78 is 0. The molecular formula is C19H15ClOPRh+. The third-order valence-corrected chi connectivity index (χ3v) is 8.20. The zero-order chi connectivity index (χ0) is 15.4. The van der Waals surface area contributed by atoms with Crippen molar-refractivity contribution in [1.29, 1.82) is 0 Å². The van der Waals surface area contributed by atoms with Crippen LogP contribution in [0.2, 0.25) is 0 Å². The number of rotatable bonds is 4. The van der Waals surface area contributed by atoms with Gasteiger partial charge in [0.1, 0.15) is 15.9 Å². The van der Waals surface area contributed by atoms with Gasteiger partial charge in [0.15, 0.2) is 7.26 Å². The van der Waals surface area contributed by atoms with E-state index in [0.717, 1.165) is 15.9 Å². The molecule has 23 heavy (non-hydrogen) atoms. The van der Waals surface area contributed by atoms with Gasteiger partial charge < -0.3 is 0 Å². The van der Waals surface area contributed by atoms with Gasteiger partial charge in [-0.05, 0) is 36.4 Å². The molecule has 0 bridgehead atoms. The average Bonchev–Trinajstić information content (AvgIpc) is 2.58. The molecule has 3 aromatic rings. The SMILES string of the molecule is O=C(Cl)[P+](c1ccccc1)(c1ccccc1)c1ccccc1.[Rh]. The second-order valence-electron chi connectivity index (χ2n) is 4.93. The largest absolute Gasteiger partial charge is 0.373 e. The van der Waals surface area contributed by atoms with Crippen molar-refractivity contribution in [3.05, 3.63) is 91.0 Å². The van der Waals surface area contributed by atoms with E-state index in [2.05, 4.69) is 0 Å². The van der Waals surface area contributed by atoms with Crippen molar-refractivity contribution in [3.63, 3.8) is 0 Å². The van der Waals surface area contributed by atoms with Gasteiger partial charge in [0.25, 0.3) is 0 Å². The van der Waals surface area contributed by atoms with Crippen molar-refractivity contribution in [2.75, 3.05) is 0 Å². The predicted octanol–water partition coefficient (Wildman–Crippen LogP) is 4.34. The Kier molecular flexibility index (Phi) is 6.25. The molecule has 0 saturated heterocycles. The summed E-state index contributed by atoms with van der Waals surface area (Å²) in [5, 5.41) is 2.94. The first-order valence-corrected chi connectivity index (χ1v) is 9.19. The van der Waals surface area contributed by atoms with Gasteiger partial charge in [-0.15, -0.1) is 0 Å². The summed E-state index contributed by atoms with van der Waals surface area (Å²) in [4.78, 5) is 12.4. The van der Waals surface area contributed by atoms with E-state index in [1.165, 1.54) is 0 Å². The van der Waals surface area contributed by atoms with Crippen molar-refractivity contribution in [1.82, 2.24) is 0 Å². The summed E-state index contributed by atoms with van der Waals surface area (Å²) >= 11 is 6.21. The van der Waals surface area contributed by atoms with Crippen molar-refractivity contribution in [2.45, 2.75) is 0 Å². The van der Waals surface area contributed by atoms with E-state index in [1.54, 1.807) is 0 Å². The first-order valence-electron chi connectivity index (χ1n) is 7.02. The van der Waals surface area contributed by atoms with Crippen molar-refractivity contribution < 1.29 is 24.3 Å². The van der Waals surface area contributed by atoms with Crippen LogP contribution in [0.1, 0.15) is 0 Å². The Morgan fingerprint density at radius 1 is 0.609 bits per heavy atom. The van der Waals surface area contributed by atoms with Gasteiger partial charge in [-0.3, -0.25) is 0 Å². The van der Waals surface area contributed by atoms with Crippen LogP contribution in [0.4, 0.5) is 4.79 Å². The summed E-state index contributed by atoms with van der Waals surface area (Å²) in [5.41, 5.74) is 0. The van der Waals surface area contributed by atoms with Gasteiger partial charge in [-0.25, -0.2) is 4.79 Å². The Morgan fingerprint density at radius 3 is 1.09 bits per heavy atom. The van der Waals surface area contributed by atoms with E-state index >= 15 is 0 Å². The topological polar surface area (TPSA) is 17.1 Å².